The Balaban J connectivity index is 3.86. The number of unbranched alkanes of at least 4 members (excludes halogenated alkanes) is 8. The number of allylic oxidation sites excluding steroid dienone is 2. The van der Waals surface area contributed by atoms with Crippen molar-refractivity contribution in [2.75, 3.05) is 34.3 Å². The van der Waals surface area contributed by atoms with Crippen molar-refractivity contribution in [2.45, 2.75) is 83.7 Å². The standard InChI is InChI=1S/C21H42NO6P/c1-5-6-7-8-9-10-11-12-13-14-15-16-17-27-29(25,26)28-20(18-21(23)24)19-22(2,3)4/h6-7,20H,5,8-19H2,1-4H3,(H-,23,24,25,26)/b7-6-/t20-/m1/s1. The van der Waals surface area contributed by atoms with Crippen molar-refractivity contribution in [3.05, 3.63) is 12.2 Å². The van der Waals surface area contributed by atoms with Crippen LogP contribution in [-0.2, 0) is 18.4 Å². The number of phosphoric acid groups is 1. The van der Waals surface area contributed by atoms with Crippen molar-refractivity contribution >= 4 is 13.8 Å². The van der Waals surface area contributed by atoms with E-state index in [4.69, 9.17) is 14.2 Å². The smallest absolute Gasteiger partial charge is 0.306 e. The van der Waals surface area contributed by atoms with E-state index < -0.39 is 19.9 Å². The van der Waals surface area contributed by atoms with Crippen LogP contribution in [0.3, 0.4) is 0 Å². The molecule has 172 valence electrons. The van der Waals surface area contributed by atoms with Crippen LogP contribution in [0.1, 0.15) is 77.6 Å². The molecule has 0 aliphatic heterocycles. The molecular formula is C21H42NO6P. The van der Waals surface area contributed by atoms with E-state index in [-0.39, 0.29) is 19.6 Å². The summed E-state index contributed by atoms with van der Waals surface area (Å²) in [6, 6.07) is 0. The Labute approximate surface area is 177 Å². The van der Waals surface area contributed by atoms with Crippen LogP contribution in [0.25, 0.3) is 0 Å². The molecule has 1 unspecified atom stereocenters. The minimum absolute atomic E-state index is 0.0781. The molecule has 0 spiro atoms. The molecule has 0 rings (SSSR count). The highest BCUT2D eigenvalue weighted by molar-refractivity contribution is 7.45. The van der Waals surface area contributed by atoms with Gasteiger partial charge in [-0.3, -0.25) is 9.36 Å². The number of phosphoric ester groups is 1. The van der Waals surface area contributed by atoms with E-state index in [0.29, 0.717) is 10.9 Å². The van der Waals surface area contributed by atoms with Gasteiger partial charge in [0.05, 0.1) is 34.2 Å². The van der Waals surface area contributed by atoms with Crippen LogP contribution in [0.5, 0.6) is 0 Å². The van der Waals surface area contributed by atoms with Gasteiger partial charge >= 0.3 is 5.97 Å². The van der Waals surface area contributed by atoms with Gasteiger partial charge in [-0.25, -0.2) is 0 Å². The van der Waals surface area contributed by atoms with Crippen LogP contribution in [-0.4, -0.2) is 56.0 Å². The van der Waals surface area contributed by atoms with E-state index in [1.807, 2.05) is 21.1 Å². The third kappa shape index (κ3) is 20.3. The molecule has 8 heteroatoms. The maximum absolute atomic E-state index is 12.0. The lowest BCUT2D eigenvalue weighted by Crippen LogP contribution is -2.43. The van der Waals surface area contributed by atoms with Gasteiger partial charge in [-0.2, -0.15) is 0 Å². The summed E-state index contributed by atoms with van der Waals surface area (Å²) in [5, 5.41) is 8.95. The second kappa shape index (κ2) is 16.0. The molecule has 0 aliphatic carbocycles. The highest BCUT2D eigenvalue weighted by Gasteiger charge is 2.26. The molecule has 0 heterocycles. The zero-order valence-electron chi connectivity index (χ0n) is 18.8. The monoisotopic (exact) mass is 435 g/mol. The molecule has 1 N–H and O–H groups in total. The van der Waals surface area contributed by atoms with Gasteiger partial charge in [0, 0.05) is 0 Å². The van der Waals surface area contributed by atoms with Crippen LogP contribution in [0, 0.1) is 0 Å². The first-order valence-corrected chi connectivity index (χ1v) is 12.3. The first-order valence-electron chi connectivity index (χ1n) is 10.9. The van der Waals surface area contributed by atoms with Crippen molar-refractivity contribution in [2.24, 2.45) is 0 Å². The second-order valence-corrected chi connectivity index (χ2v) is 9.94. The summed E-state index contributed by atoms with van der Waals surface area (Å²) >= 11 is 0. The number of carbonyl (C=O) groups is 1. The molecular weight excluding hydrogens is 393 g/mol. The Bertz CT molecular complexity index is 504. The summed E-state index contributed by atoms with van der Waals surface area (Å²) in [5.41, 5.74) is 0. The molecule has 2 atom stereocenters. The summed E-state index contributed by atoms with van der Waals surface area (Å²) in [6.07, 6.45) is 14.2. The fourth-order valence-corrected chi connectivity index (χ4v) is 3.96. The van der Waals surface area contributed by atoms with Crippen molar-refractivity contribution in [3.63, 3.8) is 0 Å². The van der Waals surface area contributed by atoms with Crippen LogP contribution in [0.15, 0.2) is 12.2 Å². The number of rotatable bonds is 19. The van der Waals surface area contributed by atoms with Crippen LogP contribution in [0.4, 0.5) is 0 Å². The Morgan fingerprint density at radius 1 is 1.03 bits per heavy atom. The lowest BCUT2D eigenvalue weighted by Gasteiger charge is -2.32. The van der Waals surface area contributed by atoms with Crippen LogP contribution in [0.2, 0.25) is 0 Å². The maximum Gasteiger partial charge on any atom is 0.306 e. The Morgan fingerprint density at radius 2 is 1.59 bits per heavy atom. The number of hydrogen-bond donors (Lipinski definition) is 1. The second-order valence-electron chi connectivity index (χ2n) is 8.58. The molecule has 0 aromatic heterocycles. The average molecular weight is 436 g/mol. The van der Waals surface area contributed by atoms with Gasteiger partial charge < -0.3 is 23.5 Å². The van der Waals surface area contributed by atoms with E-state index in [1.165, 1.54) is 32.1 Å². The van der Waals surface area contributed by atoms with Gasteiger partial charge in [-0.05, 0) is 25.7 Å². The minimum atomic E-state index is -4.50. The molecule has 0 aliphatic rings. The van der Waals surface area contributed by atoms with Crippen LogP contribution < -0.4 is 4.89 Å². The topological polar surface area (TPSA) is 95.9 Å². The van der Waals surface area contributed by atoms with Gasteiger partial charge in [0.2, 0.25) is 0 Å². The maximum atomic E-state index is 12.0. The van der Waals surface area contributed by atoms with Gasteiger partial charge in [-0.1, -0.05) is 57.6 Å². The summed E-state index contributed by atoms with van der Waals surface area (Å²) < 4.78 is 22.3. The summed E-state index contributed by atoms with van der Waals surface area (Å²) in [4.78, 5) is 22.9. The summed E-state index contributed by atoms with van der Waals surface area (Å²) in [7, 11) is 1.03. The van der Waals surface area contributed by atoms with Crippen molar-refractivity contribution < 1.29 is 32.9 Å². The predicted octanol–water partition coefficient (Wildman–Crippen LogP) is 4.51. The third-order valence-corrected chi connectivity index (χ3v) is 5.40. The van der Waals surface area contributed by atoms with Gasteiger partial charge in [-0.15, -0.1) is 0 Å². The minimum Gasteiger partial charge on any atom is -0.756 e. The van der Waals surface area contributed by atoms with Gasteiger partial charge in [0.25, 0.3) is 7.82 Å². The van der Waals surface area contributed by atoms with E-state index in [2.05, 4.69) is 19.1 Å². The van der Waals surface area contributed by atoms with Crippen molar-refractivity contribution in [1.29, 1.82) is 0 Å². The number of nitrogens with zero attached hydrogens (tertiary/aromatic N) is 1. The molecule has 0 saturated carbocycles. The number of carboxylic acids is 1. The van der Waals surface area contributed by atoms with E-state index in [0.717, 1.165) is 25.7 Å². The number of carboxylic acid groups (broad SMARTS) is 1. The fourth-order valence-electron chi connectivity index (χ4n) is 3.04. The average Bonchev–Trinajstić information content (AvgIpc) is 2.56. The molecule has 0 amide bonds. The Morgan fingerprint density at radius 3 is 2.10 bits per heavy atom. The first kappa shape index (κ1) is 28.3. The van der Waals surface area contributed by atoms with Crippen molar-refractivity contribution in [1.82, 2.24) is 0 Å². The summed E-state index contributed by atoms with van der Waals surface area (Å²) in [5.74, 6) is -1.10. The van der Waals surface area contributed by atoms with Crippen LogP contribution >= 0.6 is 7.82 Å². The lowest BCUT2D eigenvalue weighted by atomic mass is 10.1. The molecule has 0 aromatic rings. The molecule has 0 aromatic carbocycles. The number of hydrogen-bond acceptors (Lipinski definition) is 5. The number of likely N-dealkylation sites (N-methyl/N-ethyl adjacent to an activating group) is 1. The normalized spacial score (nSPS) is 15.5. The highest BCUT2D eigenvalue weighted by atomic mass is 31.2. The fraction of sp³-hybridized carbons (Fsp3) is 0.857. The lowest BCUT2D eigenvalue weighted by molar-refractivity contribution is -0.873. The van der Waals surface area contributed by atoms with E-state index in [9.17, 15) is 14.3 Å². The molecule has 7 nitrogen and oxygen atoms in total. The largest absolute Gasteiger partial charge is 0.756 e. The van der Waals surface area contributed by atoms with Gasteiger partial charge in [0.1, 0.15) is 12.6 Å². The molecule has 0 radical (unpaired) electrons. The molecule has 0 fully saturated rings. The highest BCUT2D eigenvalue weighted by Crippen LogP contribution is 2.41. The van der Waals surface area contributed by atoms with E-state index in [1.54, 1.807) is 0 Å². The molecule has 0 saturated heterocycles. The predicted molar refractivity (Wildman–Crippen MR) is 115 cm³/mol. The number of quaternary nitrogens is 1. The summed E-state index contributed by atoms with van der Waals surface area (Å²) in [6.45, 7) is 2.48. The Hall–Kier alpha value is -0.720. The quantitative estimate of drug-likeness (QED) is 0.139. The SMILES string of the molecule is CC/C=C\CCCCCCCCCCOP(=O)([O-])O[C@H](CC(=O)O)C[N+](C)(C)C. The zero-order valence-corrected chi connectivity index (χ0v) is 19.7. The zero-order chi connectivity index (χ0) is 22.2. The third-order valence-electron chi connectivity index (χ3n) is 4.35. The Kier molecular flexibility index (Phi) is 15.6. The van der Waals surface area contributed by atoms with E-state index >= 15 is 0 Å². The first-order chi connectivity index (χ1) is 13.6. The molecule has 0 bridgehead atoms. The number of aliphatic carboxylic acids is 1. The van der Waals surface area contributed by atoms with Crippen molar-refractivity contribution in [3.8, 4) is 0 Å². The van der Waals surface area contributed by atoms with Gasteiger partial charge in [0.15, 0.2) is 0 Å². The molecule has 29 heavy (non-hydrogen) atoms.